The van der Waals surface area contributed by atoms with Crippen molar-refractivity contribution >= 4 is 12.4 Å². The van der Waals surface area contributed by atoms with Crippen molar-refractivity contribution in [1.29, 1.82) is 0 Å². The molecular formula is C6H14ClNO2. The molecule has 0 bridgehead atoms. The lowest BCUT2D eigenvalue weighted by atomic mass is 9.98. The zero-order valence-corrected chi connectivity index (χ0v) is 6.60. The maximum absolute atomic E-state index is 8.72. The second-order valence-electron chi connectivity index (χ2n) is 2.54. The van der Waals surface area contributed by atoms with Crippen LogP contribution >= 0.6 is 12.4 Å². The lowest BCUT2D eigenvalue weighted by Gasteiger charge is -2.11. The minimum Gasteiger partial charge on any atom is -0.396 e. The van der Waals surface area contributed by atoms with E-state index in [-0.39, 0.29) is 37.5 Å². The molecule has 1 saturated heterocycles. The molecule has 1 fully saturated rings. The fourth-order valence-electron chi connectivity index (χ4n) is 1.21. The van der Waals surface area contributed by atoms with Crippen LogP contribution in [0.4, 0.5) is 0 Å². The van der Waals surface area contributed by atoms with Crippen LogP contribution in [0.3, 0.4) is 0 Å². The molecule has 0 aliphatic carbocycles. The lowest BCUT2D eigenvalue weighted by Crippen LogP contribution is -2.19. The van der Waals surface area contributed by atoms with E-state index in [9.17, 15) is 0 Å². The van der Waals surface area contributed by atoms with Crippen molar-refractivity contribution in [3.8, 4) is 0 Å². The zero-order valence-electron chi connectivity index (χ0n) is 5.79. The average Bonchev–Trinajstić information content (AvgIpc) is 2.33. The van der Waals surface area contributed by atoms with Gasteiger partial charge in [-0.15, -0.1) is 12.4 Å². The van der Waals surface area contributed by atoms with Crippen molar-refractivity contribution < 1.29 is 10.2 Å². The molecule has 1 heterocycles. The number of halogens is 1. The molecule has 0 aromatic heterocycles. The summed E-state index contributed by atoms with van der Waals surface area (Å²) in [6, 6.07) is 0. The van der Waals surface area contributed by atoms with Crippen LogP contribution in [0.25, 0.3) is 0 Å². The third kappa shape index (κ3) is 2.09. The van der Waals surface area contributed by atoms with Crippen molar-refractivity contribution in [2.45, 2.75) is 0 Å². The van der Waals surface area contributed by atoms with Crippen molar-refractivity contribution in [3.63, 3.8) is 0 Å². The summed E-state index contributed by atoms with van der Waals surface area (Å²) in [5.74, 6) is 0.546. The molecule has 62 valence electrons. The second-order valence-corrected chi connectivity index (χ2v) is 2.54. The van der Waals surface area contributed by atoms with E-state index in [0.29, 0.717) is 0 Å². The Balaban J connectivity index is 0.000000810. The van der Waals surface area contributed by atoms with Crippen LogP contribution in [0, 0.1) is 11.8 Å². The van der Waals surface area contributed by atoms with Gasteiger partial charge in [0, 0.05) is 38.1 Å². The van der Waals surface area contributed by atoms with E-state index in [1.165, 1.54) is 0 Å². The van der Waals surface area contributed by atoms with Crippen LogP contribution in [0.1, 0.15) is 0 Å². The van der Waals surface area contributed by atoms with Crippen LogP contribution in [-0.2, 0) is 0 Å². The monoisotopic (exact) mass is 167 g/mol. The number of rotatable bonds is 2. The maximum Gasteiger partial charge on any atom is 0.0475 e. The molecular weight excluding hydrogens is 154 g/mol. The molecule has 0 radical (unpaired) electrons. The van der Waals surface area contributed by atoms with Crippen molar-refractivity contribution in [2.75, 3.05) is 26.3 Å². The first-order chi connectivity index (χ1) is 4.38. The average molecular weight is 168 g/mol. The van der Waals surface area contributed by atoms with Crippen LogP contribution in [0.5, 0.6) is 0 Å². The van der Waals surface area contributed by atoms with Gasteiger partial charge in [-0.3, -0.25) is 0 Å². The molecule has 10 heavy (non-hydrogen) atoms. The van der Waals surface area contributed by atoms with Gasteiger partial charge in [0.15, 0.2) is 0 Å². The fraction of sp³-hybridized carbons (Fsp3) is 1.00. The smallest absolute Gasteiger partial charge is 0.0475 e. The highest BCUT2D eigenvalue weighted by Gasteiger charge is 2.24. The van der Waals surface area contributed by atoms with Gasteiger partial charge in [0.1, 0.15) is 0 Å². The highest BCUT2D eigenvalue weighted by atomic mass is 35.5. The summed E-state index contributed by atoms with van der Waals surface area (Å²) >= 11 is 0. The van der Waals surface area contributed by atoms with Crippen LogP contribution < -0.4 is 5.32 Å². The quantitative estimate of drug-likeness (QED) is 0.506. The summed E-state index contributed by atoms with van der Waals surface area (Å²) in [6.45, 7) is 2.08. The Hall–Kier alpha value is 0.170. The number of hydrogen-bond acceptors (Lipinski definition) is 3. The molecule has 3 N–H and O–H groups in total. The van der Waals surface area contributed by atoms with Crippen LogP contribution in [0.15, 0.2) is 0 Å². The summed E-state index contributed by atoms with van der Waals surface area (Å²) in [7, 11) is 0. The normalized spacial score (nSPS) is 31.8. The Kier molecular flexibility index (Phi) is 4.99. The third-order valence-corrected chi connectivity index (χ3v) is 1.95. The molecule has 3 nitrogen and oxygen atoms in total. The first-order valence-corrected chi connectivity index (χ1v) is 3.31. The van der Waals surface area contributed by atoms with Gasteiger partial charge in [0.2, 0.25) is 0 Å². The second kappa shape index (κ2) is 4.91. The first kappa shape index (κ1) is 10.2. The van der Waals surface area contributed by atoms with Gasteiger partial charge in [0.25, 0.3) is 0 Å². The van der Waals surface area contributed by atoms with E-state index < -0.39 is 0 Å². The predicted octanol–water partition coefficient (Wildman–Crippen LogP) is -0.772. The van der Waals surface area contributed by atoms with Crippen LogP contribution in [0.2, 0.25) is 0 Å². The molecule has 1 aliphatic heterocycles. The number of hydrogen-bond donors (Lipinski definition) is 3. The molecule has 1 aliphatic rings. The molecule has 0 aromatic rings. The zero-order chi connectivity index (χ0) is 6.69. The van der Waals surface area contributed by atoms with E-state index in [2.05, 4.69) is 5.32 Å². The van der Waals surface area contributed by atoms with E-state index in [1.54, 1.807) is 0 Å². The summed E-state index contributed by atoms with van der Waals surface area (Å²) in [5, 5.41) is 20.5. The van der Waals surface area contributed by atoms with E-state index >= 15 is 0 Å². The Morgan fingerprint density at radius 1 is 1.10 bits per heavy atom. The summed E-state index contributed by atoms with van der Waals surface area (Å²) in [5.41, 5.74) is 0. The number of aliphatic hydroxyl groups is 2. The minimum atomic E-state index is 0. The van der Waals surface area contributed by atoms with Gasteiger partial charge < -0.3 is 15.5 Å². The molecule has 0 spiro atoms. The van der Waals surface area contributed by atoms with Gasteiger partial charge in [-0.05, 0) is 0 Å². The van der Waals surface area contributed by atoms with Crippen LogP contribution in [-0.4, -0.2) is 36.5 Å². The van der Waals surface area contributed by atoms with Gasteiger partial charge in [-0.1, -0.05) is 0 Å². The molecule has 2 atom stereocenters. The lowest BCUT2D eigenvalue weighted by molar-refractivity contribution is 0.152. The maximum atomic E-state index is 8.72. The first-order valence-electron chi connectivity index (χ1n) is 3.31. The molecule has 0 amide bonds. The summed E-state index contributed by atoms with van der Waals surface area (Å²) in [6.07, 6.45) is 0. The molecule has 1 rings (SSSR count). The van der Waals surface area contributed by atoms with Gasteiger partial charge >= 0.3 is 0 Å². The van der Waals surface area contributed by atoms with E-state index in [0.717, 1.165) is 13.1 Å². The van der Waals surface area contributed by atoms with E-state index in [4.69, 9.17) is 10.2 Å². The van der Waals surface area contributed by atoms with Gasteiger partial charge in [0.05, 0.1) is 0 Å². The highest BCUT2D eigenvalue weighted by molar-refractivity contribution is 5.85. The van der Waals surface area contributed by atoms with Gasteiger partial charge in [-0.25, -0.2) is 0 Å². The van der Waals surface area contributed by atoms with Crippen molar-refractivity contribution in [3.05, 3.63) is 0 Å². The molecule has 0 saturated carbocycles. The fourth-order valence-corrected chi connectivity index (χ4v) is 1.21. The Labute approximate surface area is 66.8 Å². The Morgan fingerprint density at radius 2 is 1.50 bits per heavy atom. The molecule has 0 unspecified atom stereocenters. The number of aliphatic hydroxyl groups excluding tert-OH is 2. The minimum absolute atomic E-state index is 0. The van der Waals surface area contributed by atoms with E-state index in [1.807, 2.05) is 0 Å². The summed E-state index contributed by atoms with van der Waals surface area (Å²) < 4.78 is 0. The Morgan fingerprint density at radius 3 is 1.80 bits per heavy atom. The topological polar surface area (TPSA) is 52.5 Å². The SMILES string of the molecule is Cl.OC[C@@H]1CNC[C@H]1CO. The van der Waals surface area contributed by atoms with Gasteiger partial charge in [-0.2, -0.15) is 0 Å². The standard InChI is InChI=1S/C6H13NO2.ClH/c8-3-5-1-7-2-6(5)4-9;/h5-9H,1-4H2;1H/t5-,6-;/m0./s1. The molecule has 4 heteroatoms. The predicted molar refractivity (Wildman–Crippen MR) is 41.3 cm³/mol. The van der Waals surface area contributed by atoms with Crippen molar-refractivity contribution in [1.82, 2.24) is 5.32 Å². The third-order valence-electron chi connectivity index (χ3n) is 1.95. The Bertz CT molecular complexity index is 81.8. The molecule has 0 aromatic carbocycles. The highest BCUT2D eigenvalue weighted by Crippen LogP contribution is 2.14. The number of nitrogens with one attached hydrogen (secondary N) is 1. The largest absolute Gasteiger partial charge is 0.396 e. The summed E-state index contributed by atoms with van der Waals surface area (Å²) in [4.78, 5) is 0. The van der Waals surface area contributed by atoms with Crippen molar-refractivity contribution in [2.24, 2.45) is 11.8 Å².